The van der Waals surface area contributed by atoms with E-state index in [1.807, 2.05) is 42.6 Å². The molecule has 2 aromatic heterocycles. The number of hydrogen-bond donors (Lipinski definition) is 0. The number of rotatable bonds is 2. The van der Waals surface area contributed by atoms with E-state index >= 15 is 0 Å². The number of hydrogen-bond acceptors (Lipinski definition) is 3. The van der Waals surface area contributed by atoms with E-state index in [0.29, 0.717) is 5.15 Å². The Kier molecular flexibility index (Phi) is 2.78. The van der Waals surface area contributed by atoms with Gasteiger partial charge in [-0.15, -0.1) is 10.2 Å². The first-order valence-corrected chi connectivity index (χ1v) is 5.80. The van der Waals surface area contributed by atoms with E-state index in [2.05, 4.69) is 15.3 Å². The van der Waals surface area contributed by atoms with Crippen LogP contribution in [-0.4, -0.2) is 20.0 Å². The van der Waals surface area contributed by atoms with Crippen molar-refractivity contribution in [2.75, 3.05) is 0 Å². The fraction of sp³-hybridized carbons (Fsp3) is 0. The molecule has 0 amide bonds. The molecule has 0 saturated carbocycles. The molecular weight excluding hydrogens is 248 g/mol. The van der Waals surface area contributed by atoms with Gasteiger partial charge < -0.3 is 0 Å². The first kappa shape index (κ1) is 10.9. The predicted molar refractivity (Wildman–Crippen MR) is 69.6 cm³/mol. The maximum absolute atomic E-state index is 5.71. The number of aromatic nitrogens is 4. The summed E-state index contributed by atoms with van der Waals surface area (Å²) in [5.41, 5.74) is 2.80. The summed E-state index contributed by atoms with van der Waals surface area (Å²) in [7, 11) is 0. The molecule has 1 aromatic carbocycles. The van der Waals surface area contributed by atoms with E-state index in [9.17, 15) is 0 Å². The molecule has 0 aliphatic rings. The Labute approximate surface area is 109 Å². The topological polar surface area (TPSA) is 43.6 Å². The van der Waals surface area contributed by atoms with E-state index in [1.165, 1.54) is 0 Å². The van der Waals surface area contributed by atoms with Crippen LogP contribution in [0.3, 0.4) is 0 Å². The molecule has 0 radical (unpaired) electrons. The monoisotopic (exact) mass is 256 g/mol. The zero-order valence-electron chi connectivity index (χ0n) is 9.36. The Bertz CT molecular complexity index is 630. The summed E-state index contributed by atoms with van der Waals surface area (Å²) in [6, 6.07) is 13.4. The standard InChI is InChI=1S/C13H9ClN4/c14-13-7-6-12(16-17-13)10-2-4-11(5-3-10)18-9-1-8-15-18/h1-9H. The van der Waals surface area contributed by atoms with Crippen molar-refractivity contribution in [2.24, 2.45) is 0 Å². The highest BCUT2D eigenvalue weighted by atomic mass is 35.5. The third-order valence-corrected chi connectivity index (χ3v) is 2.77. The molecule has 0 aliphatic carbocycles. The molecule has 4 nitrogen and oxygen atoms in total. The van der Waals surface area contributed by atoms with Crippen molar-refractivity contribution >= 4 is 11.6 Å². The molecule has 0 aliphatic heterocycles. The second-order valence-electron chi connectivity index (χ2n) is 3.74. The van der Waals surface area contributed by atoms with E-state index in [1.54, 1.807) is 16.9 Å². The fourth-order valence-electron chi connectivity index (χ4n) is 1.68. The Morgan fingerprint density at radius 2 is 1.78 bits per heavy atom. The summed E-state index contributed by atoms with van der Waals surface area (Å²) < 4.78 is 1.80. The number of benzene rings is 1. The van der Waals surface area contributed by atoms with Crippen molar-refractivity contribution in [3.63, 3.8) is 0 Å². The molecule has 3 aromatic rings. The normalized spacial score (nSPS) is 10.5. The van der Waals surface area contributed by atoms with Crippen molar-refractivity contribution in [2.45, 2.75) is 0 Å². The Morgan fingerprint density at radius 1 is 0.944 bits per heavy atom. The van der Waals surface area contributed by atoms with Gasteiger partial charge in [-0.1, -0.05) is 23.7 Å². The second-order valence-corrected chi connectivity index (χ2v) is 4.13. The molecular formula is C13H9ClN4. The van der Waals surface area contributed by atoms with Gasteiger partial charge in [-0.2, -0.15) is 5.10 Å². The summed E-state index contributed by atoms with van der Waals surface area (Å²) in [5, 5.41) is 12.4. The van der Waals surface area contributed by atoms with Gasteiger partial charge in [0.25, 0.3) is 0 Å². The van der Waals surface area contributed by atoms with Crippen molar-refractivity contribution in [1.82, 2.24) is 20.0 Å². The van der Waals surface area contributed by atoms with Crippen molar-refractivity contribution in [3.05, 3.63) is 60.0 Å². The summed E-state index contributed by atoms with van der Waals surface area (Å²) in [6.07, 6.45) is 3.65. The molecule has 88 valence electrons. The Balaban J connectivity index is 1.94. The van der Waals surface area contributed by atoms with Crippen LogP contribution >= 0.6 is 11.6 Å². The van der Waals surface area contributed by atoms with Crippen LogP contribution in [0, 0.1) is 0 Å². The van der Waals surface area contributed by atoms with E-state index in [-0.39, 0.29) is 0 Å². The van der Waals surface area contributed by atoms with Gasteiger partial charge in [-0.3, -0.25) is 0 Å². The minimum Gasteiger partial charge on any atom is -0.241 e. The highest BCUT2D eigenvalue weighted by Gasteiger charge is 2.01. The third-order valence-electron chi connectivity index (χ3n) is 2.56. The molecule has 3 rings (SSSR count). The van der Waals surface area contributed by atoms with E-state index < -0.39 is 0 Å². The molecule has 0 atom stereocenters. The lowest BCUT2D eigenvalue weighted by atomic mass is 10.1. The van der Waals surface area contributed by atoms with Crippen LogP contribution in [0.5, 0.6) is 0 Å². The van der Waals surface area contributed by atoms with Crippen molar-refractivity contribution in [1.29, 1.82) is 0 Å². The number of nitrogens with zero attached hydrogens (tertiary/aromatic N) is 4. The minimum absolute atomic E-state index is 0.395. The van der Waals surface area contributed by atoms with Gasteiger partial charge in [0.05, 0.1) is 11.4 Å². The van der Waals surface area contributed by atoms with Crippen LogP contribution in [0.15, 0.2) is 54.9 Å². The van der Waals surface area contributed by atoms with Crippen LogP contribution in [0.1, 0.15) is 0 Å². The van der Waals surface area contributed by atoms with Gasteiger partial charge in [0.15, 0.2) is 5.15 Å². The van der Waals surface area contributed by atoms with E-state index in [0.717, 1.165) is 16.9 Å². The SMILES string of the molecule is Clc1ccc(-c2ccc(-n3cccn3)cc2)nn1. The molecule has 2 heterocycles. The Morgan fingerprint density at radius 3 is 2.39 bits per heavy atom. The summed E-state index contributed by atoms with van der Waals surface area (Å²) in [4.78, 5) is 0. The maximum Gasteiger partial charge on any atom is 0.151 e. The van der Waals surface area contributed by atoms with Crippen LogP contribution in [-0.2, 0) is 0 Å². The van der Waals surface area contributed by atoms with Crippen LogP contribution in [0.25, 0.3) is 16.9 Å². The van der Waals surface area contributed by atoms with Gasteiger partial charge in [-0.05, 0) is 30.3 Å². The number of halogens is 1. The molecule has 0 fully saturated rings. The maximum atomic E-state index is 5.71. The molecule has 0 bridgehead atoms. The zero-order valence-corrected chi connectivity index (χ0v) is 10.1. The highest BCUT2D eigenvalue weighted by Crippen LogP contribution is 2.19. The molecule has 0 spiro atoms. The molecule has 18 heavy (non-hydrogen) atoms. The van der Waals surface area contributed by atoms with Crippen LogP contribution < -0.4 is 0 Å². The smallest absolute Gasteiger partial charge is 0.151 e. The lowest BCUT2D eigenvalue weighted by Gasteiger charge is -2.03. The quantitative estimate of drug-likeness (QED) is 0.708. The second kappa shape index (κ2) is 4.58. The molecule has 0 saturated heterocycles. The van der Waals surface area contributed by atoms with Gasteiger partial charge in [0.2, 0.25) is 0 Å². The first-order valence-electron chi connectivity index (χ1n) is 5.42. The predicted octanol–water partition coefficient (Wildman–Crippen LogP) is 2.98. The van der Waals surface area contributed by atoms with Gasteiger partial charge in [-0.25, -0.2) is 4.68 Å². The minimum atomic E-state index is 0.395. The average Bonchev–Trinajstić information content (AvgIpc) is 2.94. The van der Waals surface area contributed by atoms with E-state index in [4.69, 9.17) is 11.6 Å². The van der Waals surface area contributed by atoms with Crippen LogP contribution in [0.2, 0.25) is 5.15 Å². The van der Waals surface area contributed by atoms with Crippen molar-refractivity contribution < 1.29 is 0 Å². The fourth-order valence-corrected chi connectivity index (χ4v) is 1.78. The third kappa shape index (κ3) is 2.10. The zero-order chi connectivity index (χ0) is 12.4. The summed E-state index contributed by atoms with van der Waals surface area (Å²) in [6.45, 7) is 0. The largest absolute Gasteiger partial charge is 0.241 e. The molecule has 0 N–H and O–H groups in total. The van der Waals surface area contributed by atoms with Gasteiger partial charge in [0.1, 0.15) is 0 Å². The van der Waals surface area contributed by atoms with Crippen molar-refractivity contribution in [3.8, 4) is 16.9 Å². The van der Waals surface area contributed by atoms with Gasteiger partial charge in [0, 0.05) is 18.0 Å². The molecule has 0 unspecified atom stereocenters. The highest BCUT2D eigenvalue weighted by molar-refractivity contribution is 6.29. The molecule has 5 heteroatoms. The first-order chi connectivity index (χ1) is 8.83. The average molecular weight is 257 g/mol. The van der Waals surface area contributed by atoms with Crippen LogP contribution in [0.4, 0.5) is 0 Å². The lowest BCUT2D eigenvalue weighted by Crippen LogP contribution is -1.94. The Hall–Kier alpha value is -2.20. The van der Waals surface area contributed by atoms with Gasteiger partial charge >= 0.3 is 0 Å². The summed E-state index contributed by atoms with van der Waals surface area (Å²) in [5.74, 6) is 0. The lowest BCUT2D eigenvalue weighted by molar-refractivity contribution is 0.880. The summed E-state index contributed by atoms with van der Waals surface area (Å²) >= 11 is 5.71.